The fourth-order valence-electron chi connectivity index (χ4n) is 2.48. The molecule has 1 aliphatic heterocycles. The van der Waals surface area contributed by atoms with Crippen LogP contribution in [0.5, 0.6) is 0 Å². The Morgan fingerprint density at radius 3 is 1.76 bits per heavy atom. The van der Waals surface area contributed by atoms with E-state index in [0.29, 0.717) is 0 Å². The van der Waals surface area contributed by atoms with Crippen molar-refractivity contribution in [2.75, 3.05) is 19.6 Å². The number of unbranched alkanes of at least 4 members (excludes halogenated alkanes) is 7. The van der Waals surface area contributed by atoms with Crippen molar-refractivity contribution in [1.29, 1.82) is 0 Å². The summed E-state index contributed by atoms with van der Waals surface area (Å²) in [5.41, 5.74) is 0. The molecule has 0 bridgehead atoms. The molecule has 0 atom stereocenters. The molecule has 0 amide bonds. The van der Waals surface area contributed by atoms with Gasteiger partial charge in [0.2, 0.25) is 0 Å². The number of hydrogen-bond acceptors (Lipinski definition) is 3. The Balaban J connectivity index is 0.00000121. The van der Waals surface area contributed by atoms with Gasteiger partial charge in [0.05, 0.1) is 0 Å². The van der Waals surface area contributed by atoms with Crippen molar-refractivity contribution in [3.8, 4) is 0 Å². The average molecular weight is 243 g/mol. The first-order valence-electron chi connectivity index (χ1n) is 7.49. The van der Waals surface area contributed by atoms with E-state index in [1.54, 1.807) is 0 Å². The second-order valence-electron chi connectivity index (χ2n) is 5.02. The molecule has 0 saturated carbocycles. The zero-order valence-corrected chi connectivity index (χ0v) is 11.8. The lowest BCUT2D eigenvalue weighted by Gasteiger charge is -2.13. The van der Waals surface area contributed by atoms with Crippen molar-refractivity contribution in [1.82, 2.24) is 4.90 Å². The largest absolute Gasteiger partial charge is 0.303 e. The van der Waals surface area contributed by atoms with Gasteiger partial charge < -0.3 is 4.90 Å². The Kier molecular flexibility index (Phi) is 13.8. The number of likely N-dealkylation sites (tertiary alicyclic amines) is 1. The smallest absolute Gasteiger partial charge is 0.00183 e. The van der Waals surface area contributed by atoms with E-state index in [-0.39, 0.29) is 0 Å². The van der Waals surface area contributed by atoms with Crippen molar-refractivity contribution in [3.63, 3.8) is 0 Å². The summed E-state index contributed by atoms with van der Waals surface area (Å²) in [5, 5.41) is 0. The lowest BCUT2D eigenvalue weighted by atomic mass is 10.1. The van der Waals surface area contributed by atoms with Gasteiger partial charge in [0.1, 0.15) is 0 Å². The van der Waals surface area contributed by atoms with E-state index in [1.165, 1.54) is 83.8 Å². The van der Waals surface area contributed by atoms with Crippen LogP contribution in [0.25, 0.3) is 0 Å². The lowest BCUT2D eigenvalue weighted by Crippen LogP contribution is -2.20. The fraction of sp³-hybridized carbons (Fsp3) is 1.00. The van der Waals surface area contributed by atoms with E-state index in [9.17, 15) is 0 Å². The predicted molar refractivity (Wildman–Crippen MR) is 76.7 cm³/mol. The van der Waals surface area contributed by atoms with Gasteiger partial charge in [-0.3, -0.25) is 11.7 Å². The van der Waals surface area contributed by atoms with Gasteiger partial charge in [0.15, 0.2) is 0 Å². The van der Waals surface area contributed by atoms with E-state index >= 15 is 0 Å². The molecule has 0 aromatic heterocycles. The first kappa shape index (κ1) is 16.9. The zero-order valence-electron chi connectivity index (χ0n) is 11.8. The highest BCUT2D eigenvalue weighted by molar-refractivity contribution is 4.65. The molecule has 0 aromatic rings. The van der Waals surface area contributed by atoms with E-state index in [2.05, 4.69) is 23.5 Å². The average Bonchev–Trinajstić information content (AvgIpc) is 2.88. The molecule has 0 aliphatic carbocycles. The number of rotatable bonds is 9. The third kappa shape index (κ3) is 10.7. The van der Waals surface area contributed by atoms with Crippen LogP contribution in [0.2, 0.25) is 0 Å². The molecular formula is C14H33N3. The minimum Gasteiger partial charge on any atom is -0.303 e. The van der Waals surface area contributed by atoms with Gasteiger partial charge in [-0.05, 0) is 38.9 Å². The summed E-state index contributed by atoms with van der Waals surface area (Å²) >= 11 is 0. The van der Waals surface area contributed by atoms with Crippen LogP contribution in [0, 0.1) is 0 Å². The maximum atomic E-state index is 4.00. The number of hydrogen-bond donors (Lipinski definition) is 2. The molecular weight excluding hydrogens is 210 g/mol. The number of nitrogens with two attached hydrogens (primary N) is 2. The van der Waals surface area contributed by atoms with E-state index < -0.39 is 0 Å². The molecule has 1 rings (SSSR count). The maximum absolute atomic E-state index is 4.00. The van der Waals surface area contributed by atoms with E-state index in [0.717, 1.165) is 0 Å². The topological polar surface area (TPSA) is 55.3 Å². The SMILES string of the molecule is CCCCCCCCCCN1CCCC1.NN. The van der Waals surface area contributed by atoms with Gasteiger partial charge in [-0.2, -0.15) is 0 Å². The Morgan fingerprint density at radius 1 is 0.765 bits per heavy atom. The minimum absolute atomic E-state index is 1.37. The summed E-state index contributed by atoms with van der Waals surface area (Å²) in [5.74, 6) is 8.00. The van der Waals surface area contributed by atoms with Crippen molar-refractivity contribution in [2.24, 2.45) is 11.7 Å². The van der Waals surface area contributed by atoms with Gasteiger partial charge in [-0.1, -0.05) is 51.9 Å². The lowest BCUT2D eigenvalue weighted by molar-refractivity contribution is 0.327. The van der Waals surface area contributed by atoms with Crippen LogP contribution in [0.1, 0.15) is 71.1 Å². The predicted octanol–water partition coefficient (Wildman–Crippen LogP) is 3.04. The molecule has 0 spiro atoms. The third-order valence-corrected chi connectivity index (χ3v) is 3.53. The Bertz CT molecular complexity index is 133. The fourth-order valence-corrected chi connectivity index (χ4v) is 2.48. The minimum atomic E-state index is 1.37. The monoisotopic (exact) mass is 243 g/mol. The Morgan fingerprint density at radius 2 is 1.24 bits per heavy atom. The molecule has 0 radical (unpaired) electrons. The van der Waals surface area contributed by atoms with E-state index in [1.807, 2.05) is 0 Å². The van der Waals surface area contributed by atoms with Crippen molar-refractivity contribution in [2.45, 2.75) is 71.1 Å². The molecule has 0 unspecified atom stereocenters. The molecule has 1 heterocycles. The van der Waals surface area contributed by atoms with Crippen LogP contribution in [-0.4, -0.2) is 24.5 Å². The molecule has 1 saturated heterocycles. The van der Waals surface area contributed by atoms with Gasteiger partial charge in [0, 0.05) is 0 Å². The van der Waals surface area contributed by atoms with Crippen LogP contribution in [0.4, 0.5) is 0 Å². The van der Waals surface area contributed by atoms with Crippen LogP contribution in [0.15, 0.2) is 0 Å². The Hall–Kier alpha value is -0.120. The summed E-state index contributed by atoms with van der Waals surface area (Å²) in [6.45, 7) is 6.40. The number of nitrogens with zero attached hydrogens (tertiary/aromatic N) is 1. The zero-order chi connectivity index (χ0) is 12.8. The van der Waals surface area contributed by atoms with Crippen LogP contribution in [0.3, 0.4) is 0 Å². The Labute approximate surface area is 108 Å². The number of hydrazine groups is 1. The quantitative estimate of drug-likeness (QED) is 0.372. The second-order valence-corrected chi connectivity index (χ2v) is 5.02. The first-order chi connectivity index (χ1) is 8.43. The summed E-state index contributed by atoms with van der Waals surface area (Å²) in [6, 6.07) is 0. The molecule has 3 heteroatoms. The van der Waals surface area contributed by atoms with Crippen molar-refractivity contribution in [3.05, 3.63) is 0 Å². The summed E-state index contributed by atoms with van der Waals surface area (Å²) in [4.78, 5) is 2.64. The molecule has 17 heavy (non-hydrogen) atoms. The standard InChI is InChI=1S/C14H29N.H4N2/c1-2-3-4-5-6-7-8-9-12-15-13-10-11-14-15;1-2/h2-14H2,1H3;1-2H2. The molecule has 4 N–H and O–H groups in total. The molecule has 104 valence electrons. The van der Waals surface area contributed by atoms with Gasteiger partial charge in [0.25, 0.3) is 0 Å². The molecule has 1 aliphatic rings. The molecule has 0 aromatic carbocycles. The van der Waals surface area contributed by atoms with Crippen LogP contribution >= 0.6 is 0 Å². The second kappa shape index (κ2) is 13.9. The van der Waals surface area contributed by atoms with Gasteiger partial charge in [-0.25, -0.2) is 0 Å². The van der Waals surface area contributed by atoms with Gasteiger partial charge in [-0.15, -0.1) is 0 Å². The summed E-state index contributed by atoms with van der Waals surface area (Å²) in [6.07, 6.45) is 14.5. The van der Waals surface area contributed by atoms with E-state index in [4.69, 9.17) is 0 Å². The highest BCUT2D eigenvalue weighted by atomic mass is 15.1. The van der Waals surface area contributed by atoms with Crippen LogP contribution in [-0.2, 0) is 0 Å². The maximum Gasteiger partial charge on any atom is -0.00183 e. The first-order valence-corrected chi connectivity index (χ1v) is 7.49. The van der Waals surface area contributed by atoms with Crippen molar-refractivity contribution < 1.29 is 0 Å². The molecule has 3 nitrogen and oxygen atoms in total. The summed E-state index contributed by atoms with van der Waals surface area (Å²) in [7, 11) is 0. The van der Waals surface area contributed by atoms with Gasteiger partial charge >= 0.3 is 0 Å². The highest BCUT2D eigenvalue weighted by Crippen LogP contribution is 2.11. The third-order valence-electron chi connectivity index (χ3n) is 3.53. The highest BCUT2D eigenvalue weighted by Gasteiger charge is 2.09. The summed E-state index contributed by atoms with van der Waals surface area (Å²) < 4.78 is 0. The molecule has 1 fully saturated rings. The van der Waals surface area contributed by atoms with Crippen LogP contribution < -0.4 is 11.7 Å². The van der Waals surface area contributed by atoms with Crippen molar-refractivity contribution >= 4 is 0 Å². The normalized spacial score (nSPS) is 15.7.